The second kappa shape index (κ2) is 6.53. The minimum absolute atomic E-state index is 0.346. The van der Waals surface area contributed by atoms with E-state index in [4.69, 9.17) is 0 Å². The average molecular weight is 304 g/mol. The first-order valence-corrected chi connectivity index (χ1v) is 8.33. The van der Waals surface area contributed by atoms with Crippen molar-refractivity contribution >= 4 is 15.9 Å². The molecular weight excluding hydrogens is 278 g/mol. The third kappa shape index (κ3) is 3.45. The van der Waals surface area contributed by atoms with Crippen molar-refractivity contribution in [1.29, 1.82) is 0 Å². The number of rotatable bonds is 4. The molecule has 2 rings (SSSR count). The minimum Gasteiger partial charge on any atom is -0.395 e. The van der Waals surface area contributed by atoms with Crippen LogP contribution in [-0.2, 0) is 0 Å². The first-order valence-electron chi connectivity index (χ1n) is 7.20. The van der Waals surface area contributed by atoms with E-state index in [2.05, 4.69) is 20.8 Å². The molecule has 1 saturated heterocycles. The Morgan fingerprint density at radius 2 is 1.88 bits per heavy atom. The fourth-order valence-corrected chi connectivity index (χ4v) is 4.28. The van der Waals surface area contributed by atoms with Gasteiger partial charge in [0.1, 0.15) is 0 Å². The third-order valence-corrected chi connectivity index (χ3v) is 5.89. The normalized spacial score (nSPS) is 30.4. The quantitative estimate of drug-likeness (QED) is 0.806. The maximum atomic E-state index is 9.56. The molecule has 1 N–H and O–H groups in total. The topological polar surface area (TPSA) is 23.5 Å². The summed E-state index contributed by atoms with van der Waals surface area (Å²) in [5.41, 5.74) is 0.498. The maximum absolute atomic E-state index is 9.56. The second-order valence-electron chi connectivity index (χ2n) is 6.00. The molecule has 2 nitrogen and oxygen atoms in total. The molecule has 100 valence electrons. The molecule has 17 heavy (non-hydrogen) atoms. The van der Waals surface area contributed by atoms with Gasteiger partial charge in [-0.05, 0) is 37.6 Å². The number of hydrogen-bond donors (Lipinski definition) is 1. The first kappa shape index (κ1) is 13.8. The van der Waals surface area contributed by atoms with Gasteiger partial charge in [0.05, 0.1) is 6.61 Å². The van der Waals surface area contributed by atoms with Crippen molar-refractivity contribution in [3.8, 4) is 0 Å². The van der Waals surface area contributed by atoms with E-state index in [0.717, 1.165) is 5.33 Å². The highest BCUT2D eigenvalue weighted by Crippen LogP contribution is 2.41. The average Bonchev–Trinajstić information content (AvgIpc) is 2.70. The number of alkyl halides is 1. The van der Waals surface area contributed by atoms with Gasteiger partial charge in [-0.15, -0.1) is 0 Å². The third-order valence-electron chi connectivity index (χ3n) is 4.70. The number of hydrogen-bond acceptors (Lipinski definition) is 2. The van der Waals surface area contributed by atoms with Crippen LogP contribution in [0.25, 0.3) is 0 Å². The van der Waals surface area contributed by atoms with Crippen LogP contribution < -0.4 is 0 Å². The molecule has 1 atom stereocenters. The van der Waals surface area contributed by atoms with Crippen LogP contribution in [0.3, 0.4) is 0 Å². The SMILES string of the molecule is OCC1CCCCCN1CC1(CBr)CCCC1. The molecule has 0 aromatic carbocycles. The highest BCUT2D eigenvalue weighted by atomic mass is 79.9. The molecule has 1 aliphatic heterocycles. The van der Waals surface area contributed by atoms with Gasteiger partial charge in [-0.2, -0.15) is 0 Å². The monoisotopic (exact) mass is 303 g/mol. The van der Waals surface area contributed by atoms with Crippen molar-refractivity contribution in [3.63, 3.8) is 0 Å². The van der Waals surface area contributed by atoms with Crippen LogP contribution in [0, 0.1) is 5.41 Å². The number of aliphatic hydroxyl groups excluding tert-OH is 1. The molecule has 1 unspecified atom stereocenters. The Morgan fingerprint density at radius 1 is 1.12 bits per heavy atom. The Labute approximate surface area is 114 Å². The zero-order valence-corrected chi connectivity index (χ0v) is 12.4. The van der Waals surface area contributed by atoms with Crippen molar-refractivity contribution < 1.29 is 5.11 Å². The lowest BCUT2D eigenvalue weighted by Crippen LogP contribution is -2.44. The Bertz CT molecular complexity index is 228. The van der Waals surface area contributed by atoms with E-state index < -0.39 is 0 Å². The van der Waals surface area contributed by atoms with Gasteiger partial charge in [-0.25, -0.2) is 0 Å². The predicted octanol–water partition coefficient (Wildman–Crippen LogP) is 3.18. The van der Waals surface area contributed by atoms with Crippen LogP contribution in [-0.4, -0.2) is 41.1 Å². The zero-order chi connectivity index (χ0) is 12.1. The molecule has 0 bridgehead atoms. The standard InChI is InChI=1S/C14H26BrNO/c15-11-14(7-3-4-8-14)12-16-9-5-1-2-6-13(16)10-17/h13,17H,1-12H2. The zero-order valence-electron chi connectivity index (χ0n) is 10.8. The lowest BCUT2D eigenvalue weighted by molar-refractivity contribution is 0.0846. The summed E-state index contributed by atoms with van der Waals surface area (Å²) in [5.74, 6) is 0. The summed E-state index contributed by atoms with van der Waals surface area (Å²) in [5, 5.41) is 10.7. The lowest BCUT2D eigenvalue weighted by atomic mass is 9.87. The van der Waals surface area contributed by atoms with Gasteiger partial charge >= 0.3 is 0 Å². The summed E-state index contributed by atoms with van der Waals surface area (Å²) in [6, 6.07) is 0.425. The molecular formula is C14H26BrNO. The van der Waals surface area contributed by atoms with Crippen molar-refractivity contribution in [2.75, 3.05) is 25.0 Å². The van der Waals surface area contributed by atoms with E-state index in [0.29, 0.717) is 18.1 Å². The van der Waals surface area contributed by atoms with Gasteiger partial charge in [0.2, 0.25) is 0 Å². The Kier molecular flexibility index (Phi) is 5.31. The second-order valence-corrected chi connectivity index (χ2v) is 6.56. The van der Waals surface area contributed by atoms with Crippen LogP contribution in [0.5, 0.6) is 0 Å². The van der Waals surface area contributed by atoms with E-state index >= 15 is 0 Å². The fourth-order valence-electron chi connectivity index (χ4n) is 3.54. The molecule has 3 heteroatoms. The van der Waals surface area contributed by atoms with E-state index in [1.54, 1.807) is 0 Å². The van der Waals surface area contributed by atoms with Crippen LogP contribution in [0.1, 0.15) is 51.4 Å². The Morgan fingerprint density at radius 3 is 2.53 bits per heavy atom. The van der Waals surface area contributed by atoms with Crippen LogP contribution in [0.15, 0.2) is 0 Å². The van der Waals surface area contributed by atoms with Gasteiger partial charge in [0.25, 0.3) is 0 Å². The van der Waals surface area contributed by atoms with Crippen molar-refractivity contribution in [2.24, 2.45) is 5.41 Å². The summed E-state index contributed by atoms with van der Waals surface area (Å²) in [6.07, 6.45) is 10.7. The lowest BCUT2D eigenvalue weighted by Gasteiger charge is -2.37. The Balaban J connectivity index is 1.98. The fraction of sp³-hybridized carbons (Fsp3) is 1.00. The van der Waals surface area contributed by atoms with Gasteiger partial charge in [-0.3, -0.25) is 4.90 Å². The molecule has 0 aromatic rings. The molecule has 2 aliphatic rings. The van der Waals surface area contributed by atoms with E-state index in [-0.39, 0.29) is 0 Å². The molecule has 0 amide bonds. The predicted molar refractivity (Wildman–Crippen MR) is 75.6 cm³/mol. The van der Waals surface area contributed by atoms with Crippen LogP contribution in [0.4, 0.5) is 0 Å². The highest BCUT2D eigenvalue weighted by molar-refractivity contribution is 9.09. The first-order chi connectivity index (χ1) is 8.29. The highest BCUT2D eigenvalue weighted by Gasteiger charge is 2.36. The van der Waals surface area contributed by atoms with Gasteiger partial charge in [0, 0.05) is 17.9 Å². The van der Waals surface area contributed by atoms with Gasteiger partial charge < -0.3 is 5.11 Å². The smallest absolute Gasteiger partial charge is 0.0586 e. The Hall–Kier alpha value is 0.400. The minimum atomic E-state index is 0.346. The summed E-state index contributed by atoms with van der Waals surface area (Å²) >= 11 is 3.73. The molecule has 1 aliphatic carbocycles. The summed E-state index contributed by atoms with van der Waals surface area (Å²) in [4.78, 5) is 2.58. The number of halogens is 1. The van der Waals surface area contributed by atoms with Gasteiger partial charge in [-0.1, -0.05) is 41.6 Å². The van der Waals surface area contributed by atoms with Crippen molar-refractivity contribution in [1.82, 2.24) is 4.90 Å². The molecule has 1 saturated carbocycles. The molecule has 0 aromatic heterocycles. The molecule has 1 heterocycles. The summed E-state index contributed by atoms with van der Waals surface area (Å²) < 4.78 is 0. The molecule has 0 spiro atoms. The summed E-state index contributed by atoms with van der Waals surface area (Å²) in [6.45, 7) is 2.74. The van der Waals surface area contributed by atoms with Crippen LogP contribution >= 0.6 is 15.9 Å². The van der Waals surface area contributed by atoms with E-state index in [1.165, 1.54) is 64.5 Å². The van der Waals surface area contributed by atoms with Crippen LogP contribution in [0.2, 0.25) is 0 Å². The van der Waals surface area contributed by atoms with E-state index in [9.17, 15) is 5.11 Å². The number of likely N-dealkylation sites (tertiary alicyclic amines) is 1. The summed E-state index contributed by atoms with van der Waals surface area (Å²) in [7, 11) is 0. The van der Waals surface area contributed by atoms with Gasteiger partial charge in [0.15, 0.2) is 0 Å². The number of nitrogens with zero attached hydrogens (tertiary/aromatic N) is 1. The molecule has 2 fully saturated rings. The maximum Gasteiger partial charge on any atom is 0.0586 e. The van der Waals surface area contributed by atoms with Crippen molar-refractivity contribution in [3.05, 3.63) is 0 Å². The number of aliphatic hydroxyl groups is 1. The van der Waals surface area contributed by atoms with Crippen molar-refractivity contribution in [2.45, 2.75) is 57.4 Å². The largest absolute Gasteiger partial charge is 0.395 e. The molecule has 0 radical (unpaired) electrons. The van der Waals surface area contributed by atoms with E-state index in [1.807, 2.05) is 0 Å².